The van der Waals surface area contributed by atoms with Crippen molar-refractivity contribution in [2.75, 3.05) is 0 Å². The summed E-state index contributed by atoms with van der Waals surface area (Å²) in [5.74, 6) is -0.206. The van der Waals surface area contributed by atoms with Gasteiger partial charge in [-0.05, 0) is 36.2 Å². The van der Waals surface area contributed by atoms with E-state index in [0.717, 1.165) is 5.56 Å². The Morgan fingerprint density at radius 1 is 1.21 bits per heavy atom. The van der Waals surface area contributed by atoms with E-state index in [-0.39, 0.29) is 23.9 Å². The van der Waals surface area contributed by atoms with Gasteiger partial charge in [0, 0.05) is 12.1 Å². The fourth-order valence-electron chi connectivity index (χ4n) is 1.61. The molecule has 0 saturated heterocycles. The van der Waals surface area contributed by atoms with E-state index in [1.165, 1.54) is 12.1 Å². The number of rotatable bonds is 4. The molecule has 0 atom stereocenters. The predicted octanol–water partition coefficient (Wildman–Crippen LogP) is 3.62. The molecule has 2 aromatic carbocycles. The normalized spacial score (nSPS) is 10.2. The van der Waals surface area contributed by atoms with Crippen molar-refractivity contribution in [1.82, 2.24) is 0 Å². The Morgan fingerprint density at radius 2 is 1.89 bits per heavy atom. The molecule has 0 fully saturated rings. The van der Waals surface area contributed by atoms with Crippen LogP contribution in [0.5, 0.6) is 5.75 Å². The van der Waals surface area contributed by atoms with E-state index in [2.05, 4.69) is 0 Å². The average molecular weight is 261 g/mol. The van der Waals surface area contributed by atoms with Gasteiger partial charge in [0.25, 0.3) is 5.69 Å². The minimum absolute atomic E-state index is 0.0190. The van der Waals surface area contributed by atoms with Crippen molar-refractivity contribution < 1.29 is 14.1 Å². The maximum atomic E-state index is 13.7. The van der Waals surface area contributed by atoms with Crippen LogP contribution >= 0.6 is 0 Å². The summed E-state index contributed by atoms with van der Waals surface area (Å²) in [5, 5.41) is 10.5. The zero-order valence-electron chi connectivity index (χ0n) is 10.3. The molecule has 2 aromatic rings. The first-order valence-electron chi connectivity index (χ1n) is 5.69. The monoisotopic (exact) mass is 261 g/mol. The van der Waals surface area contributed by atoms with Gasteiger partial charge in [0.15, 0.2) is 11.6 Å². The second kappa shape index (κ2) is 5.48. The predicted molar refractivity (Wildman–Crippen MR) is 68.6 cm³/mol. The third kappa shape index (κ3) is 3.07. The molecule has 4 nitrogen and oxygen atoms in total. The molecule has 0 saturated carbocycles. The summed E-state index contributed by atoms with van der Waals surface area (Å²) >= 11 is 0. The number of benzene rings is 2. The lowest BCUT2D eigenvalue weighted by atomic mass is 10.2. The number of nitrogens with zero attached hydrogens (tertiary/aromatic N) is 1. The first kappa shape index (κ1) is 13.0. The van der Waals surface area contributed by atoms with Gasteiger partial charge in [0.1, 0.15) is 6.61 Å². The van der Waals surface area contributed by atoms with Crippen LogP contribution in [0.25, 0.3) is 0 Å². The highest BCUT2D eigenvalue weighted by molar-refractivity contribution is 5.34. The maximum absolute atomic E-state index is 13.7. The van der Waals surface area contributed by atoms with Crippen LogP contribution in [0, 0.1) is 22.9 Å². The molecule has 98 valence electrons. The number of hydrogen-bond donors (Lipinski definition) is 0. The van der Waals surface area contributed by atoms with Gasteiger partial charge in [-0.2, -0.15) is 0 Å². The van der Waals surface area contributed by atoms with Crippen molar-refractivity contribution in [3.63, 3.8) is 0 Å². The molecule has 0 spiro atoms. The Bertz CT molecular complexity index is 596. The Morgan fingerprint density at radius 3 is 2.53 bits per heavy atom. The summed E-state index contributed by atoms with van der Waals surface area (Å²) in [5.41, 5.74) is 1.28. The Kier molecular flexibility index (Phi) is 3.75. The van der Waals surface area contributed by atoms with Crippen molar-refractivity contribution in [2.24, 2.45) is 0 Å². The zero-order valence-corrected chi connectivity index (χ0v) is 10.3. The smallest absolute Gasteiger partial charge is 0.269 e. The van der Waals surface area contributed by atoms with Crippen molar-refractivity contribution in [3.8, 4) is 5.75 Å². The molecule has 0 aliphatic rings. The number of nitro groups is 1. The molecule has 0 bridgehead atoms. The minimum atomic E-state index is -0.467. The molecule has 0 unspecified atom stereocenters. The first-order valence-corrected chi connectivity index (χ1v) is 5.69. The highest BCUT2D eigenvalue weighted by atomic mass is 19.1. The van der Waals surface area contributed by atoms with Crippen LogP contribution in [-0.2, 0) is 6.61 Å². The highest BCUT2D eigenvalue weighted by Crippen LogP contribution is 2.21. The average Bonchev–Trinajstić information content (AvgIpc) is 2.41. The summed E-state index contributed by atoms with van der Waals surface area (Å²) in [6.07, 6.45) is 0. The van der Waals surface area contributed by atoms with Crippen LogP contribution in [0.4, 0.5) is 10.1 Å². The van der Waals surface area contributed by atoms with Crippen molar-refractivity contribution in [1.29, 1.82) is 0 Å². The lowest BCUT2D eigenvalue weighted by Crippen LogP contribution is -1.98. The van der Waals surface area contributed by atoms with Gasteiger partial charge in [-0.25, -0.2) is 4.39 Å². The lowest BCUT2D eigenvalue weighted by Gasteiger charge is -2.08. The molecule has 0 aliphatic heterocycles. The summed E-state index contributed by atoms with van der Waals surface area (Å²) in [6.45, 7) is 1.83. The van der Waals surface area contributed by atoms with Crippen LogP contribution in [-0.4, -0.2) is 4.92 Å². The summed E-state index contributed by atoms with van der Waals surface area (Å²) in [4.78, 5) is 10.0. The zero-order chi connectivity index (χ0) is 13.8. The summed E-state index contributed by atoms with van der Waals surface area (Å²) in [6, 6.07) is 10.9. The largest absolute Gasteiger partial charge is 0.486 e. The number of aryl methyl sites for hydroxylation is 1. The van der Waals surface area contributed by atoms with Crippen molar-refractivity contribution in [2.45, 2.75) is 13.5 Å². The number of halogens is 1. The van der Waals surface area contributed by atoms with E-state index in [1.54, 1.807) is 37.3 Å². The third-order valence-electron chi connectivity index (χ3n) is 2.70. The molecule has 0 heterocycles. The van der Waals surface area contributed by atoms with Gasteiger partial charge in [0.05, 0.1) is 4.92 Å². The van der Waals surface area contributed by atoms with Gasteiger partial charge in [-0.1, -0.05) is 12.1 Å². The molecule has 19 heavy (non-hydrogen) atoms. The number of nitro benzene ring substituents is 1. The van der Waals surface area contributed by atoms with E-state index in [9.17, 15) is 14.5 Å². The SMILES string of the molecule is Cc1cccc(OCc2ccc([N+](=O)[O-])cc2)c1F. The minimum Gasteiger partial charge on any atom is -0.486 e. The second-order valence-electron chi connectivity index (χ2n) is 4.10. The van der Waals surface area contributed by atoms with Crippen LogP contribution in [0.15, 0.2) is 42.5 Å². The van der Waals surface area contributed by atoms with E-state index in [4.69, 9.17) is 4.74 Å². The van der Waals surface area contributed by atoms with Crippen LogP contribution in [0.2, 0.25) is 0 Å². The third-order valence-corrected chi connectivity index (χ3v) is 2.70. The first-order chi connectivity index (χ1) is 9.08. The molecule has 5 heteroatoms. The van der Waals surface area contributed by atoms with Gasteiger partial charge < -0.3 is 4.74 Å². The van der Waals surface area contributed by atoms with Crippen LogP contribution < -0.4 is 4.74 Å². The fraction of sp³-hybridized carbons (Fsp3) is 0.143. The molecule has 0 amide bonds. The standard InChI is InChI=1S/C14H12FNO3/c1-10-3-2-4-13(14(10)15)19-9-11-5-7-12(8-6-11)16(17)18/h2-8H,9H2,1H3. The maximum Gasteiger partial charge on any atom is 0.269 e. The van der Waals surface area contributed by atoms with Crippen molar-refractivity contribution >= 4 is 5.69 Å². The Hall–Kier alpha value is -2.43. The molecular weight excluding hydrogens is 249 g/mol. The second-order valence-corrected chi connectivity index (χ2v) is 4.10. The molecule has 0 N–H and O–H groups in total. The van der Waals surface area contributed by atoms with Crippen molar-refractivity contribution in [3.05, 3.63) is 69.5 Å². The topological polar surface area (TPSA) is 52.4 Å². The summed E-state index contributed by atoms with van der Waals surface area (Å²) < 4.78 is 19.0. The number of ether oxygens (including phenoxy) is 1. The molecule has 0 aliphatic carbocycles. The molecular formula is C14H12FNO3. The fourth-order valence-corrected chi connectivity index (χ4v) is 1.61. The number of hydrogen-bond acceptors (Lipinski definition) is 3. The van der Waals surface area contributed by atoms with Crippen LogP contribution in [0.1, 0.15) is 11.1 Å². The van der Waals surface area contributed by atoms with E-state index in [1.807, 2.05) is 0 Å². The van der Waals surface area contributed by atoms with Gasteiger partial charge in [0.2, 0.25) is 0 Å². The highest BCUT2D eigenvalue weighted by Gasteiger charge is 2.07. The van der Waals surface area contributed by atoms with Crippen LogP contribution in [0.3, 0.4) is 0 Å². The molecule has 0 aromatic heterocycles. The lowest BCUT2D eigenvalue weighted by molar-refractivity contribution is -0.384. The quantitative estimate of drug-likeness (QED) is 0.624. The summed E-state index contributed by atoms with van der Waals surface area (Å²) in [7, 11) is 0. The molecule has 0 radical (unpaired) electrons. The van der Waals surface area contributed by atoms with E-state index >= 15 is 0 Å². The van der Waals surface area contributed by atoms with Gasteiger partial charge in [-0.15, -0.1) is 0 Å². The number of non-ortho nitro benzene ring substituents is 1. The van der Waals surface area contributed by atoms with Gasteiger partial charge in [-0.3, -0.25) is 10.1 Å². The Labute approximate surface area is 109 Å². The van der Waals surface area contributed by atoms with Gasteiger partial charge >= 0.3 is 0 Å². The molecule has 2 rings (SSSR count). The Balaban J connectivity index is 2.06. The van der Waals surface area contributed by atoms with E-state index < -0.39 is 4.92 Å². The van der Waals surface area contributed by atoms with E-state index in [0.29, 0.717) is 5.56 Å².